The third kappa shape index (κ3) is 6.25. The number of rotatable bonds is 12. The summed E-state index contributed by atoms with van der Waals surface area (Å²) >= 11 is 7.14. The van der Waals surface area contributed by atoms with E-state index in [4.69, 9.17) is 9.97 Å². The van der Waals surface area contributed by atoms with Gasteiger partial charge in [-0.25, -0.2) is 9.97 Å². The molecule has 2 nitrogen and oxygen atoms in total. The molecule has 0 saturated carbocycles. The van der Waals surface area contributed by atoms with Crippen molar-refractivity contribution in [2.75, 3.05) is 0 Å². The molecule has 166 valence electrons. The topological polar surface area (TPSA) is 25.8 Å². The first-order valence-corrected chi connectivity index (χ1v) is 14.9. The second-order valence-electron chi connectivity index (χ2n) is 8.74. The highest BCUT2D eigenvalue weighted by Crippen LogP contribution is 2.40. The van der Waals surface area contributed by atoms with Crippen molar-refractivity contribution < 1.29 is 0 Å². The van der Waals surface area contributed by atoms with E-state index in [-0.39, 0.29) is 0 Å². The predicted octanol–water partition coefficient (Wildman–Crippen LogP) is 9.70. The van der Waals surface area contributed by atoms with Crippen LogP contribution < -0.4 is 0 Å². The van der Waals surface area contributed by atoms with Crippen LogP contribution in [0.5, 0.6) is 0 Å². The minimum absolute atomic E-state index is 0.810. The van der Waals surface area contributed by atoms with Crippen LogP contribution in [0.2, 0.25) is 0 Å². The minimum Gasteiger partial charge on any atom is -0.222 e. The third-order valence-corrected chi connectivity index (χ3v) is 9.85. The smallest absolute Gasteiger partial charge is 0.155 e. The molecule has 0 amide bonds. The van der Waals surface area contributed by atoms with E-state index in [1.807, 2.05) is 22.7 Å². The summed E-state index contributed by atoms with van der Waals surface area (Å²) in [6, 6.07) is 4.68. The Morgan fingerprint density at radius 3 is 1.81 bits per heavy atom. The average Bonchev–Trinajstić information content (AvgIpc) is 3.51. The van der Waals surface area contributed by atoms with E-state index in [0.717, 1.165) is 25.6 Å². The number of aryl methyl sites for hydroxylation is 2. The molecule has 0 bridgehead atoms. The van der Waals surface area contributed by atoms with Crippen molar-refractivity contribution in [3.8, 4) is 19.8 Å². The molecule has 0 spiro atoms. The molecule has 0 atom stereocenters. The van der Waals surface area contributed by atoms with Crippen molar-refractivity contribution in [3.63, 3.8) is 0 Å². The molecule has 4 rings (SSSR count). The van der Waals surface area contributed by atoms with Gasteiger partial charge in [-0.05, 0) is 65.6 Å². The zero-order chi connectivity index (χ0) is 21.6. The lowest BCUT2D eigenvalue weighted by atomic mass is 10.0. The van der Waals surface area contributed by atoms with Crippen LogP contribution in [0.15, 0.2) is 22.9 Å². The van der Waals surface area contributed by atoms with Crippen molar-refractivity contribution in [3.05, 3.63) is 34.0 Å². The number of unbranched alkanes of at least 4 members (excludes halogenated alkanes) is 4. The molecule has 0 fully saturated rings. The Morgan fingerprint density at radius 2 is 1.29 bits per heavy atom. The second-order valence-corrected chi connectivity index (χ2v) is 12.5. The summed E-state index contributed by atoms with van der Waals surface area (Å²) in [6.45, 7) is 6.88. The zero-order valence-electron chi connectivity index (χ0n) is 18.8. The maximum absolute atomic E-state index is 4.93. The van der Waals surface area contributed by atoms with Crippen molar-refractivity contribution in [2.45, 2.75) is 78.6 Å². The van der Waals surface area contributed by atoms with E-state index in [0.29, 0.717) is 0 Å². The number of fused-ring (bicyclic) bond motifs is 1. The number of nitrogens with zero attached hydrogens (tertiary/aromatic N) is 2. The Morgan fingerprint density at radius 1 is 0.742 bits per heavy atom. The molecule has 0 aromatic carbocycles. The van der Waals surface area contributed by atoms with Gasteiger partial charge in [-0.2, -0.15) is 0 Å². The molecule has 0 radical (unpaired) electrons. The summed E-state index contributed by atoms with van der Waals surface area (Å²) in [4.78, 5) is 14.6. The molecule has 0 aliphatic carbocycles. The van der Waals surface area contributed by atoms with Gasteiger partial charge in [0.15, 0.2) is 9.66 Å². The lowest BCUT2D eigenvalue weighted by Crippen LogP contribution is -1.88. The first-order valence-electron chi connectivity index (χ1n) is 11.5. The quantitative estimate of drug-likeness (QED) is 0.185. The molecule has 4 heterocycles. The van der Waals surface area contributed by atoms with Gasteiger partial charge in [0.1, 0.15) is 10.0 Å². The Hall–Kier alpha value is -1.08. The highest BCUT2D eigenvalue weighted by molar-refractivity contribution is 7.31. The normalized spacial score (nSPS) is 11.9. The highest BCUT2D eigenvalue weighted by Gasteiger charge is 2.15. The Bertz CT molecular complexity index is 1050. The van der Waals surface area contributed by atoms with Crippen molar-refractivity contribution in [2.24, 2.45) is 5.92 Å². The monoisotopic (exact) mass is 488 g/mol. The number of hydrogen-bond acceptors (Lipinski definition) is 6. The minimum atomic E-state index is 0.810. The Kier molecular flexibility index (Phi) is 8.32. The Labute approximate surface area is 202 Å². The largest absolute Gasteiger partial charge is 0.222 e. The zero-order valence-corrected chi connectivity index (χ0v) is 22.0. The molecular weight excluding hydrogens is 457 g/mol. The summed E-state index contributed by atoms with van der Waals surface area (Å²) in [5.74, 6) is 0.810. The maximum Gasteiger partial charge on any atom is 0.155 e. The van der Waals surface area contributed by atoms with Crippen molar-refractivity contribution in [1.29, 1.82) is 0 Å². The number of hydrogen-bond donors (Lipinski definition) is 0. The van der Waals surface area contributed by atoms with Crippen LogP contribution in [-0.2, 0) is 12.8 Å². The molecule has 31 heavy (non-hydrogen) atoms. The van der Waals surface area contributed by atoms with E-state index < -0.39 is 0 Å². The van der Waals surface area contributed by atoms with E-state index >= 15 is 0 Å². The molecule has 4 aromatic rings. The van der Waals surface area contributed by atoms with Gasteiger partial charge in [-0.1, -0.05) is 75.5 Å². The van der Waals surface area contributed by atoms with Crippen LogP contribution in [0.25, 0.3) is 29.4 Å². The van der Waals surface area contributed by atoms with E-state index in [9.17, 15) is 0 Å². The van der Waals surface area contributed by atoms with Gasteiger partial charge in [-0.15, -0.1) is 22.7 Å². The first kappa shape index (κ1) is 23.1. The fourth-order valence-corrected chi connectivity index (χ4v) is 7.79. The molecule has 0 unspecified atom stereocenters. The van der Waals surface area contributed by atoms with Crippen LogP contribution in [0.1, 0.15) is 76.8 Å². The second kappa shape index (κ2) is 11.2. The molecular formula is C25H32N2S4. The molecule has 6 heteroatoms. The summed E-state index contributed by atoms with van der Waals surface area (Å²) in [5, 5.41) is 6.88. The van der Waals surface area contributed by atoms with Crippen LogP contribution in [-0.4, -0.2) is 9.97 Å². The Balaban J connectivity index is 1.38. The van der Waals surface area contributed by atoms with Crippen LogP contribution in [0, 0.1) is 5.92 Å². The number of thiophene rings is 2. The van der Waals surface area contributed by atoms with Gasteiger partial charge in [-0.3, -0.25) is 0 Å². The number of thiazole rings is 2. The third-order valence-electron chi connectivity index (χ3n) is 5.52. The van der Waals surface area contributed by atoms with E-state index in [1.165, 1.54) is 78.7 Å². The van der Waals surface area contributed by atoms with Gasteiger partial charge in [0.05, 0.1) is 9.75 Å². The van der Waals surface area contributed by atoms with Crippen LogP contribution in [0.4, 0.5) is 0 Å². The maximum atomic E-state index is 4.93. The number of aromatic nitrogens is 2. The summed E-state index contributed by atoms with van der Waals surface area (Å²) in [6.07, 6.45) is 11.6. The molecule has 0 N–H and O–H groups in total. The van der Waals surface area contributed by atoms with Crippen LogP contribution in [0.3, 0.4) is 0 Å². The molecule has 0 saturated heterocycles. The lowest BCUT2D eigenvalue weighted by molar-refractivity contribution is 0.538. The summed E-state index contributed by atoms with van der Waals surface area (Å²) in [7, 11) is 0. The average molecular weight is 489 g/mol. The van der Waals surface area contributed by atoms with Crippen LogP contribution >= 0.6 is 45.3 Å². The standard InChI is InChI=1S/C25H32N2S4/c1-4-5-6-7-11-18-13-20(28-15-18)22-26-24-25(30-22)27-23(31-24)21-14-19(16-29-21)12-9-8-10-17(2)3/h13-17H,4-12H2,1-3H3. The van der Waals surface area contributed by atoms with Gasteiger partial charge in [0.2, 0.25) is 0 Å². The first-order chi connectivity index (χ1) is 15.1. The molecule has 4 aromatic heterocycles. The van der Waals surface area contributed by atoms with E-state index in [1.54, 1.807) is 22.7 Å². The molecule has 0 aliphatic rings. The summed E-state index contributed by atoms with van der Waals surface area (Å²) < 4.78 is 0. The van der Waals surface area contributed by atoms with Gasteiger partial charge >= 0.3 is 0 Å². The SMILES string of the molecule is CCCCCCc1csc(-c2nc3sc(-c4cc(CCCCC(C)C)cs4)nc3s2)c1. The molecule has 0 aliphatic heterocycles. The summed E-state index contributed by atoms with van der Waals surface area (Å²) in [5.41, 5.74) is 2.92. The predicted molar refractivity (Wildman–Crippen MR) is 142 cm³/mol. The van der Waals surface area contributed by atoms with Gasteiger partial charge in [0.25, 0.3) is 0 Å². The van der Waals surface area contributed by atoms with Gasteiger partial charge in [0, 0.05) is 0 Å². The fourth-order valence-electron chi connectivity index (χ4n) is 3.73. The fraction of sp³-hybridized carbons (Fsp3) is 0.520. The van der Waals surface area contributed by atoms with Gasteiger partial charge < -0.3 is 0 Å². The highest BCUT2D eigenvalue weighted by atomic mass is 32.1. The van der Waals surface area contributed by atoms with E-state index in [2.05, 4.69) is 43.7 Å². The van der Waals surface area contributed by atoms with Crippen molar-refractivity contribution in [1.82, 2.24) is 9.97 Å². The lowest BCUT2D eigenvalue weighted by Gasteiger charge is -2.02. The van der Waals surface area contributed by atoms with Crippen molar-refractivity contribution >= 4 is 55.0 Å².